The van der Waals surface area contributed by atoms with E-state index >= 15 is 0 Å². The quantitative estimate of drug-likeness (QED) is 0.889. The molecule has 2 N–H and O–H groups in total. The number of nitrogens with zero attached hydrogens (tertiary/aromatic N) is 4. The number of carboxylic acids is 1. The second-order valence-electron chi connectivity index (χ2n) is 6.18. The van der Waals surface area contributed by atoms with Crippen molar-refractivity contribution in [1.29, 1.82) is 0 Å². The number of rotatable bonds is 4. The van der Waals surface area contributed by atoms with Crippen molar-refractivity contribution in [3.63, 3.8) is 0 Å². The highest BCUT2D eigenvalue weighted by atomic mass is 16.4. The SMILES string of the molecule is CC(C)(C(=O)O)n1cc(NC(=O)c2cnn3c2CCCC3)cn1. The molecular weight excluding hydrogens is 298 g/mol. The molecule has 1 aliphatic heterocycles. The maximum Gasteiger partial charge on any atom is 0.331 e. The summed E-state index contributed by atoms with van der Waals surface area (Å²) in [5.74, 6) is -1.25. The number of anilines is 1. The van der Waals surface area contributed by atoms with Gasteiger partial charge in [0.15, 0.2) is 5.54 Å². The third-order valence-corrected chi connectivity index (χ3v) is 4.16. The topological polar surface area (TPSA) is 102 Å². The Morgan fingerprint density at radius 1 is 1.26 bits per heavy atom. The van der Waals surface area contributed by atoms with Crippen molar-refractivity contribution in [2.45, 2.75) is 45.2 Å². The minimum atomic E-state index is -1.18. The van der Waals surface area contributed by atoms with Crippen LogP contribution in [0.25, 0.3) is 0 Å². The van der Waals surface area contributed by atoms with Gasteiger partial charge < -0.3 is 10.4 Å². The molecule has 0 aromatic carbocycles. The van der Waals surface area contributed by atoms with E-state index in [-0.39, 0.29) is 5.91 Å². The number of amides is 1. The van der Waals surface area contributed by atoms with Crippen molar-refractivity contribution in [1.82, 2.24) is 19.6 Å². The molecule has 0 aliphatic carbocycles. The fourth-order valence-corrected chi connectivity index (χ4v) is 2.60. The highest BCUT2D eigenvalue weighted by Gasteiger charge is 2.30. The molecule has 0 saturated carbocycles. The fourth-order valence-electron chi connectivity index (χ4n) is 2.60. The largest absolute Gasteiger partial charge is 0.479 e. The fraction of sp³-hybridized carbons (Fsp3) is 0.467. The van der Waals surface area contributed by atoms with Crippen LogP contribution in [0.2, 0.25) is 0 Å². The van der Waals surface area contributed by atoms with Crippen LogP contribution >= 0.6 is 0 Å². The number of aromatic nitrogens is 4. The third kappa shape index (κ3) is 2.71. The Hall–Kier alpha value is -2.64. The van der Waals surface area contributed by atoms with Crippen LogP contribution < -0.4 is 5.32 Å². The number of hydrogen-bond donors (Lipinski definition) is 2. The number of aryl methyl sites for hydroxylation is 1. The molecule has 3 rings (SSSR count). The van der Waals surface area contributed by atoms with Crippen LogP contribution in [0.15, 0.2) is 18.6 Å². The minimum Gasteiger partial charge on any atom is -0.479 e. The summed E-state index contributed by atoms with van der Waals surface area (Å²) in [6.07, 6.45) is 7.51. The van der Waals surface area contributed by atoms with E-state index in [2.05, 4.69) is 15.5 Å². The lowest BCUT2D eigenvalue weighted by Crippen LogP contribution is -2.35. The van der Waals surface area contributed by atoms with E-state index in [4.69, 9.17) is 0 Å². The molecule has 0 radical (unpaired) electrons. The van der Waals surface area contributed by atoms with Crippen LogP contribution in [0.1, 0.15) is 42.7 Å². The van der Waals surface area contributed by atoms with Crippen LogP contribution in [0.3, 0.4) is 0 Å². The maximum atomic E-state index is 12.4. The molecule has 0 spiro atoms. The Kier molecular flexibility index (Phi) is 3.67. The third-order valence-electron chi connectivity index (χ3n) is 4.16. The zero-order chi connectivity index (χ0) is 16.6. The number of nitrogens with one attached hydrogen (secondary N) is 1. The van der Waals surface area contributed by atoms with Crippen molar-refractivity contribution < 1.29 is 14.7 Å². The summed E-state index contributed by atoms with van der Waals surface area (Å²) >= 11 is 0. The van der Waals surface area contributed by atoms with Crippen LogP contribution in [0.5, 0.6) is 0 Å². The standard InChI is InChI=1S/C15H19N5O3/c1-15(2,14(22)23)20-9-10(7-17-20)18-13(21)11-8-16-19-6-4-3-5-12(11)19/h7-9H,3-6H2,1-2H3,(H,18,21)(H,22,23). The van der Waals surface area contributed by atoms with Gasteiger partial charge in [0.1, 0.15) is 0 Å². The molecule has 23 heavy (non-hydrogen) atoms. The molecule has 2 aromatic rings. The molecule has 2 aromatic heterocycles. The molecule has 8 heteroatoms. The predicted octanol–water partition coefficient (Wildman–Crippen LogP) is 1.49. The summed E-state index contributed by atoms with van der Waals surface area (Å²) in [6.45, 7) is 3.93. The van der Waals surface area contributed by atoms with Gasteiger partial charge in [-0.25, -0.2) is 4.79 Å². The number of carbonyl (C=O) groups is 2. The molecule has 0 bridgehead atoms. The molecule has 1 amide bonds. The first-order valence-corrected chi connectivity index (χ1v) is 7.54. The van der Waals surface area contributed by atoms with Gasteiger partial charge in [-0.15, -0.1) is 0 Å². The molecule has 3 heterocycles. The van der Waals surface area contributed by atoms with E-state index in [1.807, 2.05) is 4.68 Å². The minimum absolute atomic E-state index is 0.249. The van der Waals surface area contributed by atoms with Crippen molar-refractivity contribution in [3.05, 3.63) is 29.8 Å². The Morgan fingerprint density at radius 2 is 2.04 bits per heavy atom. The van der Waals surface area contributed by atoms with Gasteiger partial charge in [0, 0.05) is 12.7 Å². The number of carboxylic acid groups (broad SMARTS) is 1. The first kappa shape index (κ1) is 15.3. The van der Waals surface area contributed by atoms with Crippen LogP contribution in [-0.4, -0.2) is 36.5 Å². The van der Waals surface area contributed by atoms with Crippen molar-refractivity contribution in [3.8, 4) is 0 Å². The predicted molar refractivity (Wildman–Crippen MR) is 82.3 cm³/mol. The monoisotopic (exact) mass is 317 g/mol. The average Bonchev–Trinajstić information content (AvgIpc) is 3.13. The van der Waals surface area contributed by atoms with Crippen molar-refractivity contribution in [2.75, 3.05) is 5.32 Å². The summed E-state index contributed by atoms with van der Waals surface area (Å²) in [7, 11) is 0. The van der Waals surface area contributed by atoms with E-state index in [1.165, 1.54) is 17.1 Å². The van der Waals surface area contributed by atoms with E-state index < -0.39 is 11.5 Å². The van der Waals surface area contributed by atoms with E-state index in [9.17, 15) is 14.7 Å². The van der Waals surface area contributed by atoms with Gasteiger partial charge >= 0.3 is 5.97 Å². The molecule has 1 aliphatic rings. The molecule has 122 valence electrons. The van der Waals surface area contributed by atoms with E-state index in [0.717, 1.165) is 31.5 Å². The highest BCUT2D eigenvalue weighted by Crippen LogP contribution is 2.21. The zero-order valence-electron chi connectivity index (χ0n) is 13.1. The lowest BCUT2D eigenvalue weighted by molar-refractivity contribution is -0.146. The molecule has 8 nitrogen and oxygen atoms in total. The Labute approximate surface area is 133 Å². The number of carbonyl (C=O) groups excluding carboxylic acids is 1. The maximum absolute atomic E-state index is 12.4. The Morgan fingerprint density at radius 3 is 2.78 bits per heavy atom. The number of fused-ring (bicyclic) bond motifs is 1. The van der Waals surface area contributed by atoms with Crippen molar-refractivity contribution >= 4 is 17.6 Å². The van der Waals surface area contributed by atoms with Gasteiger partial charge in [-0.2, -0.15) is 10.2 Å². The average molecular weight is 317 g/mol. The first-order valence-electron chi connectivity index (χ1n) is 7.54. The molecule has 0 atom stereocenters. The van der Waals surface area contributed by atoms with Crippen LogP contribution in [0.4, 0.5) is 5.69 Å². The van der Waals surface area contributed by atoms with Gasteiger partial charge in [0.05, 0.1) is 29.3 Å². The van der Waals surface area contributed by atoms with Gasteiger partial charge in [-0.1, -0.05) is 0 Å². The van der Waals surface area contributed by atoms with Gasteiger partial charge in [0.25, 0.3) is 5.91 Å². The smallest absolute Gasteiger partial charge is 0.331 e. The summed E-state index contributed by atoms with van der Waals surface area (Å²) < 4.78 is 3.19. The Balaban J connectivity index is 1.78. The molecular formula is C15H19N5O3. The van der Waals surface area contributed by atoms with Crippen LogP contribution in [-0.2, 0) is 23.3 Å². The van der Waals surface area contributed by atoms with Gasteiger partial charge in [-0.3, -0.25) is 14.2 Å². The van der Waals surface area contributed by atoms with Crippen molar-refractivity contribution in [2.24, 2.45) is 0 Å². The number of hydrogen-bond acceptors (Lipinski definition) is 4. The summed E-state index contributed by atoms with van der Waals surface area (Å²) in [6, 6.07) is 0. The van der Waals surface area contributed by atoms with E-state index in [1.54, 1.807) is 20.0 Å². The zero-order valence-corrected chi connectivity index (χ0v) is 13.1. The highest BCUT2D eigenvalue weighted by molar-refractivity contribution is 6.04. The van der Waals surface area contributed by atoms with Gasteiger partial charge in [0.2, 0.25) is 0 Å². The number of aliphatic carboxylic acids is 1. The molecule has 0 fully saturated rings. The second-order valence-corrected chi connectivity index (χ2v) is 6.18. The second kappa shape index (κ2) is 5.53. The van der Waals surface area contributed by atoms with Gasteiger partial charge in [-0.05, 0) is 33.1 Å². The van der Waals surface area contributed by atoms with Crippen LogP contribution in [0, 0.1) is 0 Å². The lowest BCUT2D eigenvalue weighted by atomic mass is 10.1. The lowest BCUT2D eigenvalue weighted by Gasteiger charge is -2.19. The van der Waals surface area contributed by atoms with E-state index in [0.29, 0.717) is 11.3 Å². The summed E-state index contributed by atoms with van der Waals surface area (Å²) in [5, 5.41) is 20.2. The first-order chi connectivity index (χ1) is 10.9. The molecule has 0 saturated heterocycles. The molecule has 0 unspecified atom stereocenters. The normalized spacial score (nSPS) is 14.3. The summed E-state index contributed by atoms with van der Waals surface area (Å²) in [5.41, 5.74) is 0.793. The summed E-state index contributed by atoms with van der Waals surface area (Å²) in [4.78, 5) is 23.7. The Bertz CT molecular complexity index is 759.